The lowest BCUT2D eigenvalue weighted by molar-refractivity contribution is -0.151. The number of aliphatic hydroxyl groups is 1. The quantitative estimate of drug-likeness (QED) is 0.284. The van der Waals surface area contributed by atoms with Gasteiger partial charge in [0.15, 0.2) is 17.4 Å². The van der Waals surface area contributed by atoms with E-state index in [0.717, 1.165) is 13.1 Å². The molecule has 9 nitrogen and oxygen atoms in total. The second-order valence-corrected chi connectivity index (χ2v) is 8.20. The molecule has 0 bridgehead atoms. The Morgan fingerprint density at radius 3 is 2.29 bits per heavy atom. The van der Waals surface area contributed by atoms with E-state index >= 15 is 0 Å². The average Bonchev–Trinajstić information content (AvgIpc) is 3.19. The second-order valence-electron chi connectivity index (χ2n) is 8.20. The predicted octanol–water partition coefficient (Wildman–Crippen LogP) is 2.69. The van der Waals surface area contributed by atoms with Crippen molar-refractivity contribution in [3.8, 4) is 11.4 Å². The maximum Gasteiger partial charge on any atom is 0.325 e. The predicted molar refractivity (Wildman–Crippen MR) is 132 cm³/mol. The number of hydrogen-bond acceptors (Lipinski definition) is 6. The molecule has 1 aromatic heterocycles. The lowest BCUT2D eigenvalue weighted by Crippen LogP contribution is -2.40. The van der Waals surface area contributed by atoms with Crippen LogP contribution in [0.1, 0.15) is 31.3 Å². The van der Waals surface area contributed by atoms with E-state index in [1.165, 1.54) is 6.92 Å². The number of benzene rings is 2. The smallest absolute Gasteiger partial charge is 0.325 e. The fourth-order valence-corrected chi connectivity index (χ4v) is 3.79. The molecule has 1 heterocycles. The SMILES string of the molecule is CCN(CC)CC(O)CNC(=O)c1c(OC(=O)C(C)C(=O)O)c2ccccc2n1-c1ccccc1. The van der Waals surface area contributed by atoms with Gasteiger partial charge in [0.1, 0.15) is 0 Å². The number of esters is 1. The van der Waals surface area contributed by atoms with Crippen molar-refractivity contribution >= 4 is 28.7 Å². The number of fused-ring (bicyclic) bond motifs is 1. The van der Waals surface area contributed by atoms with Gasteiger partial charge in [-0.25, -0.2) is 0 Å². The molecule has 3 aromatic rings. The molecule has 186 valence electrons. The fourth-order valence-electron chi connectivity index (χ4n) is 3.79. The Kier molecular flexibility index (Phi) is 8.62. The number of carboxylic acid groups (broad SMARTS) is 1. The molecule has 0 aliphatic carbocycles. The van der Waals surface area contributed by atoms with Crippen LogP contribution in [0.5, 0.6) is 5.75 Å². The van der Waals surface area contributed by atoms with Gasteiger partial charge in [-0.05, 0) is 44.3 Å². The first kappa shape index (κ1) is 25.9. The summed E-state index contributed by atoms with van der Waals surface area (Å²) in [5.41, 5.74) is 1.31. The Bertz CT molecular complexity index is 1190. The van der Waals surface area contributed by atoms with Crippen molar-refractivity contribution in [1.29, 1.82) is 0 Å². The number of rotatable bonds is 11. The van der Waals surface area contributed by atoms with Crippen molar-refractivity contribution in [2.24, 2.45) is 5.92 Å². The molecule has 9 heteroatoms. The van der Waals surface area contributed by atoms with Gasteiger partial charge >= 0.3 is 11.9 Å². The second kappa shape index (κ2) is 11.6. The van der Waals surface area contributed by atoms with Crippen molar-refractivity contribution in [3.05, 3.63) is 60.3 Å². The van der Waals surface area contributed by atoms with Crippen LogP contribution in [-0.4, -0.2) is 69.8 Å². The number of carboxylic acids is 1. The van der Waals surface area contributed by atoms with Gasteiger partial charge in [-0.2, -0.15) is 0 Å². The number of carbonyl (C=O) groups is 3. The number of hydrogen-bond donors (Lipinski definition) is 3. The number of aliphatic carboxylic acids is 1. The Morgan fingerprint density at radius 2 is 1.66 bits per heavy atom. The van der Waals surface area contributed by atoms with Crippen molar-refractivity contribution in [1.82, 2.24) is 14.8 Å². The molecule has 0 radical (unpaired) electrons. The molecule has 3 rings (SSSR count). The Labute approximate surface area is 203 Å². The van der Waals surface area contributed by atoms with E-state index in [1.54, 1.807) is 28.8 Å². The molecule has 2 atom stereocenters. The lowest BCUT2D eigenvalue weighted by atomic mass is 10.2. The first-order valence-electron chi connectivity index (χ1n) is 11.6. The third kappa shape index (κ3) is 5.87. The van der Waals surface area contributed by atoms with Crippen LogP contribution in [0.2, 0.25) is 0 Å². The number of nitrogens with one attached hydrogen (secondary N) is 1. The summed E-state index contributed by atoms with van der Waals surface area (Å²) in [6.45, 7) is 7.14. The van der Waals surface area contributed by atoms with Crippen molar-refractivity contribution < 1.29 is 29.3 Å². The van der Waals surface area contributed by atoms with Crippen LogP contribution in [0, 0.1) is 5.92 Å². The van der Waals surface area contributed by atoms with Crippen molar-refractivity contribution in [2.45, 2.75) is 26.9 Å². The van der Waals surface area contributed by atoms with Crippen LogP contribution >= 0.6 is 0 Å². The van der Waals surface area contributed by atoms with Gasteiger partial charge in [0.2, 0.25) is 0 Å². The Balaban J connectivity index is 2.06. The number of aromatic nitrogens is 1. The minimum Gasteiger partial charge on any atom is -0.481 e. The number of aliphatic hydroxyl groups excluding tert-OH is 1. The first-order chi connectivity index (χ1) is 16.8. The largest absolute Gasteiger partial charge is 0.481 e. The summed E-state index contributed by atoms with van der Waals surface area (Å²) in [6, 6.07) is 16.1. The van der Waals surface area contributed by atoms with E-state index in [9.17, 15) is 24.6 Å². The Morgan fingerprint density at radius 1 is 1.03 bits per heavy atom. The van der Waals surface area contributed by atoms with Crippen LogP contribution in [0.25, 0.3) is 16.6 Å². The standard InChI is InChI=1S/C26H31N3O6/c1-4-28(5-2)16-19(30)15-27-24(31)22-23(35-26(34)17(3)25(32)33)20-13-9-10-14-21(20)29(22)18-11-7-6-8-12-18/h6-14,17,19,30H,4-5,15-16H2,1-3H3,(H,27,31)(H,32,33). The first-order valence-corrected chi connectivity index (χ1v) is 11.6. The van der Waals surface area contributed by atoms with Gasteiger partial charge in [0.25, 0.3) is 5.91 Å². The average molecular weight is 482 g/mol. The summed E-state index contributed by atoms with van der Waals surface area (Å²) in [4.78, 5) is 39.4. The number of nitrogens with zero attached hydrogens (tertiary/aromatic N) is 2. The van der Waals surface area contributed by atoms with E-state index in [2.05, 4.69) is 5.32 Å². The van der Waals surface area contributed by atoms with Gasteiger partial charge < -0.3 is 29.7 Å². The highest BCUT2D eigenvalue weighted by atomic mass is 16.5. The molecular formula is C26H31N3O6. The van der Waals surface area contributed by atoms with Crippen molar-refractivity contribution in [3.63, 3.8) is 0 Å². The topological polar surface area (TPSA) is 121 Å². The van der Waals surface area contributed by atoms with Gasteiger partial charge in [0.05, 0.1) is 11.6 Å². The van der Waals surface area contributed by atoms with Crippen LogP contribution in [-0.2, 0) is 9.59 Å². The summed E-state index contributed by atoms with van der Waals surface area (Å²) < 4.78 is 7.20. The normalized spacial score (nSPS) is 12.9. The number of carbonyl (C=O) groups excluding carboxylic acids is 2. The molecule has 1 amide bonds. The van der Waals surface area contributed by atoms with Gasteiger partial charge in [-0.15, -0.1) is 0 Å². The molecule has 2 aromatic carbocycles. The van der Waals surface area contributed by atoms with Crippen molar-refractivity contribution in [2.75, 3.05) is 26.2 Å². The molecule has 3 N–H and O–H groups in total. The fraction of sp³-hybridized carbons (Fsp3) is 0.346. The maximum absolute atomic E-state index is 13.5. The molecule has 0 saturated carbocycles. The number of para-hydroxylation sites is 2. The molecule has 2 unspecified atom stereocenters. The summed E-state index contributed by atoms with van der Waals surface area (Å²) in [6.07, 6.45) is -0.800. The minimum absolute atomic E-state index is 0.00936. The number of ether oxygens (including phenoxy) is 1. The lowest BCUT2D eigenvalue weighted by Gasteiger charge is -2.22. The number of likely N-dealkylation sites (N-methyl/N-ethyl adjacent to an activating group) is 1. The highest BCUT2D eigenvalue weighted by Gasteiger charge is 2.30. The third-order valence-electron chi connectivity index (χ3n) is 5.85. The monoisotopic (exact) mass is 481 g/mol. The molecule has 0 aliphatic heterocycles. The molecule has 0 spiro atoms. The highest BCUT2D eigenvalue weighted by molar-refractivity contribution is 6.07. The minimum atomic E-state index is -1.42. The maximum atomic E-state index is 13.5. The van der Waals surface area contributed by atoms with E-state index in [1.807, 2.05) is 49.1 Å². The molecular weight excluding hydrogens is 450 g/mol. The molecule has 0 fully saturated rings. The van der Waals surface area contributed by atoms with E-state index < -0.39 is 29.9 Å². The molecule has 35 heavy (non-hydrogen) atoms. The molecule has 0 aliphatic rings. The summed E-state index contributed by atoms with van der Waals surface area (Å²) in [5, 5.41) is 22.9. The zero-order valence-corrected chi connectivity index (χ0v) is 20.1. The van der Waals surface area contributed by atoms with Crippen LogP contribution in [0.15, 0.2) is 54.6 Å². The molecule has 0 saturated heterocycles. The van der Waals surface area contributed by atoms with Gasteiger partial charge in [-0.1, -0.05) is 44.2 Å². The summed E-state index contributed by atoms with van der Waals surface area (Å²) in [5.74, 6) is -4.32. The van der Waals surface area contributed by atoms with Crippen LogP contribution in [0.4, 0.5) is 0 Å². The third-order valence-corrected chi connectivity index (χ3v) is 5.85. The zero-order chi connectivity index (χ0) is 25.5. The highest BCUT2D eigenvalue weighted by Crippen LogP contribution is 2.36. The summed E-state index contributed by atoms with van der Waals surface area (Å²) >= 11 is 0. The van der Waals surface area contributed by atoms with E-state index in [-0.39, 0.29) is 18.0 Å². The van der Waals surface area contributed by atoms with Crippen LogP contribution in [0.3, 0.4) is 0 Å². The van der Waals surface area contributed by atoms with Crippen LogP contribution < -0.4 is 10.1 Å². The number of amides is 1. The van der Waals surface area contributed by atoms with E-state index in [0.29, 0.717) is 23.1 Å². The Hall–Kier alpha value is -3.69. The summed E-state index contributed by atoms with van der Waals surface area (Å²) in [7, 11) is 0. The van der Waals surface area contributed by atoms with Gasteiger partial charge in [-0.3, -0.25) is 14.4 Å². The zero-order valence-electron chi connectivity index (χ0n) is 20.1. The van der Waals surface area contributed by atoms with E-state index in [4.69, 9.17) is 4.74 Å². The van der Waals surface area contributed by atoms with Gasteiger partial charge in [0, 0.05) is 24.2 Å².